The van der Waals surface area contributed by atoms with Crippen LogP contribution in [0.2, 0.25) is 0 Å². The normalized spacial score (nSPS) is 14.9. The van der Waals surface area contributed by atoms with Gasteiger partial charge in [0.05, 0.1) is 6.20 Å². The Balaban J connectivity index is 1.17. The molecule has 0 fully saturated rings. The molecule has 0 amide bonds. The van der Waals surface area contributed by atoms with Gasteiger partial charge in [-0.3, -0.25) is 4.98 Å². The molecular weight excluding hydrogens is 633 g/mol. The van der Waals surface area contributed by atoms with Crippen molar-refractivity contribution in [2.24, 2.45) is 9.98 Å². The van der Waals surface area contributed by atoms with Gasteiger partial charge >= 0.3 is 0 Å². The van der Waals surface area contributed by atoms with Crippen LogP contribution in [-0.4, -0.2) is 16.7 Å². The van der Waals surface area contributed by atoms with Gasteiger partial charge < -0.3 is 18.6 Å². The van der Waals surface area contributed by atoms with Crippen LogP contribution < -0.4 is 5.32 Å². The van der Waals surface area contributed by atoms with Crippen molar-refractivity contribution < 1.29 is 13.3 Å². The zero-order valence-corrected chi connectivity index (χ0v) is 27.0. The van der Waals surface area contributed by atoms with E-state index in [0.717, 1.165) is 88.0 Å². The Hall–Kier alpha value is -6.99. The van der Waals surface area contributed by atoms with Crippen molar-refractivity contribution in [1.82, 2.24) is 10.3 Å². The van der Waals surface area contributed by atoms with E-state index in [-0.39, 0.29) is 0 Å². The van der Waals surface area contributed by atoms with Gasteiger partial charge in [0.1, 0.15) is 33.8 Å². The second kappa shape index (κ2) is 10.8. The third-order valence-corrected chi connectivity index (χ3v) is 9.85. The fourth-order valence-electron chi connectivity index (χ4n) is 7.56. The van der Waals surface area contributed by atoms with Crippen LogP contribution in [0.15, 0.2) is 169 Å². The van der Waals surface area contributed by atoms with E-state index < -0.39 is 6.17 Å². The van der Waals surface area contributed by atoms with E-state index in [4.69, 9.17) is 23.2 Å². The maximum absolute atomic E-state index is 6.53. The minimum atomic E-state index is -0.489. The molecule has 0 spiro atoms. The molecule has 1 N–H and O–H groups in total. The molecule has 10 aromatic rings. The lowest BCUT2D eigenvalue weighted by molar-refractivity contribution is 0.628. The van der Waals surface area contributed by atoms with E-state index in [9.17, 15) is 0 Å². The smallest absolute Gasteiger partial charge is 0.159 e. The van der Waals surface area contributed by atoms with Gasteiger partial charge in [0, 0.05) is 55.2 Å². The van der Waals surface area contributed by atoms with E-state index in [2.05, 4.69) is 58.8 Å². The highest BCUT2D eigenvalue weighted by atomic mass is 16.3. The number of amidine groups is 2. The number of hydrogen-bond donors (Lipinski definition) is 1. The zero-order chi connectivity index (χ0) is 33.5. The van der Waals surface area contributed by atoms with Crippen molar-refractivity contribution in [2.45, 2.75) is 6.17 Å². The van der Waals surface area contributed by atoms with E-state index in [1.165, 1.54) is 0 Å². The molecule has 11 rings (SSSR count). The van der Waals surface area contributed by atoms with Gasteiger partial charge in [0.15, 0.2) is 17.6 Å². The fraction of sp³-hybridized carbons (Fsp3) is 0.0227. The first-order valence-corrected chi connectivity index (χ1v) is 16.9. The molecule has 0 radical (unpaired) electrons. The maximum atomic E-state index is 6.53. The van der Waals surface area contributed by atoms with Crippen LogP contribution in [0.25, 0.3) is 76.9 Å². The van der Waals surface area contributed by atoms with Crippen molar-refractivity contribution in [3.05, 3.63) is 163 Å². The summed E-state index contributed by atoms with van der Waals surface area (Å²) in [4.78, 5) is 14.8. The Kier molecular flexibility index (Phi) is 5.89. The number of para-hydroxylation sites is 3. The first-order valence-electron chi connectivity index (χ1n) is 16.9. The molecule has 51 heavy (non-hydrogen) atoms. The Morgan fingerprint density at radius 1 is 0.510 bits per heavy atom. The molecule has 7 nitrogen and oxygen atoms in total. The molecule has 1 unspecified atom stereocenters. The maximum Gasteiger partial charge on any atom is 0.159 e. The Morgan fingerprint density at radius 2 is 1.22 bits per heavy atom. The highest BCUT2D eigenvalue weighted by molar-refractivity contribution is 6.23. The van der Waals surface area contributed by atoms with Crippen LogP contribution in [-0.2, 0) is 0 Å². The number of nitrogens with zero attached hydrogens (tertiary/aromatic N) is 3. The number of furan rings is 3. The number of benzene rings is 6. The van der Waals surface area contributed by atoms with Crippen LogP contribution >= 0.6 is 0 Å². The van der Waals surface area contributed by atoms with Gasteiger partial charge in [-0.25, -0.2) is 9.98 Å². The van der Waals surface area contributed by atoms with Gasteiger partial charge in [0.25, 0.3) is 0 Å². The number of aromatic nitrogens is 1. The summed E-state index contributed by atoms with van der Waals surface area (Å²) in [6.45, 7) is 0. The van der Waals surface area contributed by atoms with Gasteiger partial charge in [-0.15, -0.1) is 0 Å². The van der Waals surface area contributed by atoms with Crippen molar-refractivity contribution in [1.29, 1.82) is 0 Å². The third-order valence-electron chi connectivity index (χ3n) is 9.85. The minimum Gasteiger partial charge on any atom is -0.456 e. The van der Waals surface area contributed by atoms with Crippen LogP contribution in [0, 0.1) is 0 Å². The monoisotopic (exact) mass is 658 g/mol. The molecule has 5 heterocycles. The summed E-state index contributed by atoms with van der Waals surface area (Å²) in [5.41, 5.74) is 9.50. The Bertz CT molecular complexity index is 3080. The van der Waals surface area contributed by atoms with Crippen molar-refractivity contribution in [3.8, 4) is 11.1 Å². The summed E-state index contributed by atoms with van der Waals surface area (Å²) in [6, 6.07) is 45.1. The van der Waals surface area contributed by atoms with Crippen molar-refractivity contribution in [3.63, 3.8) is 0 Å². The highest BCUT2D eigenvalue weighted by Crippen LogP contribution is 2.41. The topological polar surface area (TPSA) is 89.1 Å². The molecule has 1 aliphatic heterocycles. The van der Waals surface area contributed by atoms with Crippen LogP contribution in [0.1, 0.15) is 22.9 Å². The number of aliphatic imine (C=N–C) groups is 2. The average Bonchev–Trinajstić information content (AvgIpc) is 3.89. The minimum absolute atomic E-state index is 0.489. The second-order valence-electron chi connectivity index (χ2n) is 12.8. The van der Waals surface area contributed by atoms with E-state index in [0.29, 0.717) is 17.3 Å². The Labute approximate surface area is 290 Å². The number of nitrogens with one attached hydrogen (secondary N) is 1. The van der Waals surface area contributed by atoms with Gasteiger partial charge in [-0.1, -0.05) is 97.1 Å². The predicted octanol–water partition coefficient (Wildman–Crippen LogP) is 10.9. The predicted molar refractivity (Wildman–Crippen MR) is 203 cm³/mol. The molecule has 0 aliphatic carbocycles. The van der Waals surface area contributed by atoms with Crippen molar-refractivity contribution in [2.75, 3.05) is 0 Å². The summed E-state index contributed by atoms with van der Waals surface area (Å²) in [5, 5.41) is 9.86. The number of pyridine rings is 1. The molecule has 0 saturated heterocycles. The summed E-state index contributed by atoms with van der Waals surface area (Å²) >= 11 is 0. The number of rotatable bonds is 4. The van der Waals surface area contributed by atoms with Gasteiger partial charge in [0.2, 0.25) is 0 Å². The lowest BCUT2D eigenvalue weighted by atomic mass is 9.95. The lowest BCUT2D eigenvalue weighted by Gasteiger charge is -2.24. The third kappa shape index (κ3) is 4.28. The summed E-state index contributed by atoms with van der Waals surface area (Å²) < 4.78 is 19.3. The molecular formula is C44H26N4O3. The molecule has 0 bridgehead atoms. The summed E-state index contributed by atoms with van der Waals surface area (Å²) in [7, 11) is 0. The Morgan fingerprint density at radius 3 is 2.12 bits per heavy atom. The first kappa shape index (κ1) is 27.9. The zero-order valence-electron chi connectivity index (χ0n) is 27.0. The summed E-state index contributed by atoms with van der Waals surface area (Å²) in [5.74, 6) is 1.30. The number of hydrogen-bond acceptors (Lipinski definition) is 7. The van der Waals surface area contributed by atoms with E-state index >= 15 is 0 Å². The molecule has 240 valence electrons. The summed E-state index contributed by atoms with van der Waals surface area (Å²) in [6.07, 6.45) is 3.07. The fourth-order valence-corrected chi connectivity index (χ4v) is 7.56. The largest absolute Gasteiger partial charge is 0.456 e. The highest BCUT2D eigenvalue weighted by Gasteiger charge is 2.27. The first-order chi connectivity index (χ1) is 25.3. The quantitative estimate of drug-likeness (QED) is 0.203. The lowest BCUT2D eigenvalue weighted by Crippen LogP contribution is -2.33. The van der Waals surface area contributed by atoms with Crippen LogP contribution in [0.4, 0.5) is 0 Å². The molecule has 1 aliphatic rings. The average molecular weight is 659 g/mol. The number of fused-ring (bicyclic) bond motifs is 9. The van der Waals surface area contributed by atoms with E-state index in [1.807, 2.05) is 84.9 Å². The SMILES string of the molecule is c1ccc(C2=NC(c3cccc4c3oc3ccccc34)NC(c3cc(-c4cccc5oc6ccccc6c45)cc4oc5cnccc5c34)=N2)cc1. The molecule has 6 aromatic carbocycles. The molecule has 0 saturated carbocycles. The van der Waals surface area contributed by atoms with E-state index in [1.54, 1.807) is 12.4 Å². The molecule has 4 aromatic heterocycles. The molecule has 1 atom stereocenters. The van der Waals surface area contributed by atoms with Gasteiger partial charge in [-0.2, -0.15) is 0 Å². The van der Waals surface area contributed by atoms with Crippen molar-refractivity contribution >= 4 is 77.5 Å². The van der Waals surface area contributed by atoms with Crippen LogP contribution in [0.5, 0.6) is 0 Å². The molecule has 7 heteroatoms. The van der Waals surface area contributed by atoms with Gasteiger partial charge in [-0.05, 0) is 47.5 Å². The second-order valence-corrected chi connectivity index (χ2v) is 12.8. The standard InChI is InChI=1S/C44H26N4O3/c1-2-10-25(11-3-1)42-46-43(32-16-8-15-29-28-12-4-6-17-34(28)51-41(29)32)48-44(47-42)33-22-26(23-37-40(33)31-20-21-45-24-38(31)50-37)27-14-9-19-36-39(27)30-13-5-7-18-35(30)49-36/h1-24,43H,(H,46,47,48). The van der Waals surface area contributed by atoms with Crippen LogP contribution in [0.3, 0.4) is 0 Å².